The fraction of sp³-hybridized carbons (Fsp3) is 0.778. The Bertz CT molecular complexity index is 143. The molecule has 10 heavy (non-hydrogen) atoms. The van der Waals surface area contributed by atoms with Gasteiger partial charge in [0.15, 0.2) is 0 Å². The van der Waals surface area contributed by atoms with Crippen LogP contribution in [0.25, 0.3) is 0 Å². The van der Waals surface area contributed by atoms with Gasteiger partial charge >= 0.3 is 0 Å². The molecule has 0 amide bonds. The first-order valence-corrected chi connectivity index (χ1v) is 4.03. The van der Waals surface area contributed by atoms with E-state index < -0.39 is 0 Å². The summed E-state index contributed by atoms with van der Waals surface area (Å²) in [5, 5.41) is 0. The SMILES string of the molecule is CCC1OCCC1=C(C)C. The van der Waals surface area contributed by atoms with E-state index in [0.29, 0.717) is 6.10 Å². The average Bonchev–Trinajstić information content (AvgIpc) is 2.33. The zero-order valence-corrected chi connectivity index (χ0v) is 7.11. The van der Waals surface area contributed by atoms with Gasteiger partial charge < -0.3 is 4.74 Å². The van der Waals surface area contributed by atoms with Crippen molar-refractivity contribution in [3.05, 3.63) is 11.1 Å². The second-order valence-electron chi connectivity index (χ2n) is 3.04. The monoisotopic (exact) mass is 140 g/mol. The minimum atomic E-state index is 0.435. The molecule has 0 saturated carbocycles. The minimum Gasteiger partial charge on any atom is -0.374 e. The number of rotatable bonds is 1. The van der Waals surface area contributed by atoms with Crippen molar-refractivity contribution in [1.29, 1.82) is 0 Å². The van der Waals surface area contributed by atoms with E-state index in [1.807, 2.05) is 0 Å². The van der Waals surface area contributed by atoms with Crippen molar-refractivity contribution in [2.45, 2.75) is 39.7 Å². The third-order valence-electron chi connectivity index (χ3n) is 2.09. The van der Waals surface area contributed by atoms with Crippen LogP contribution >= 0.6 is 0 Å². The van der Waals surface area contributed by atoms with E-state index in [-0.39, 0.29) is 0 Å². The summed E-state index contributed by atoms with van der Waals surface area (Å²) in [5.74, 6) is 0. The predicted octanol–water partition coefficient (Wildman–Crippen LogP) is 2.52. The summed E-state index contributed by atoms with van der Waals surface area (Å²) >= 11 is 0. The van der Waals surface area contributed by atoms with Crippen molar-refractivity contribution in [1.82, 2.24) is 0 Å². The van der Waals surface area contributed by atoms with Crippen LogP contribution in [-0.4, -0.2) is 12.7 Å². The van der Waals surface area contributed by atoms with E-state index in [1.165, 1.54) is 11.1 Å². The van der Waals surface area contributed by atoms with Crippen LogP contribution in [0.4, 0.5) is 0 Å². The van der Waals surface area contributed by atoms with Gasteiger partial charge in [0.1, 0.15) is 0 Å². The van der Waals surface area contributed by atoms with E-state index in [1.54, 1.807) is 0 Å². The number of allylic oxidation sites excluding steroid dienone is 1. The van der Waals surface area contributed by atoms with E-state index in [9.17, 15) is 0 Å². The first kappa shape index (κ1) is 7.80. The van der Waals surface area contributed by atoms with Crippen LogP contribution in [0.2, 0.25) is 0 Å². The molecule has 1 heteroatoms. The van der Waals surface area contributed by atoms with E-state index in [0.717, 1.165) is 19.4 Å². The molecule has 0 aromatic rings. The van der Waals surface area contributed by atoms with Crippen molar-refractivity contribution in [3.8, 4) is 0 Å². The van der Waals surface area contributed by atoms with E-state index in [4.69, 9.17) is 4.74 Å². The van der Waals surface area contributed by atoms with Crippen molar-refractivity contribution >= 4 is 0 Å². The van der Waals surface area contributed by atoms with Crippen molar-refractivity contribution in [3.63, 3.8) is 0 Å². The molecule has 1 rings (SSSR count). The van der Waals surface area contributed by atoms with Gasteiger partial charge in [-0.25, -0.2) is 0 Å². The molecule has 0 N–H and O–H groups in total. The topological polar surface area (TPSA) is 9.23 Å². The zero-order chi connectivity index (χ0) is 7.56. The summed E-state index contributed by atoms with van der Waals surface area (Å²) in [6.07, 6.45) is 2.71. The summed E-state index contributed by atoms with van der Waals surface area (Å²) in [6, 6.07) is 0. The third-order valence-corrected chi connectivity index (χ3v) is 2.09. The Morgan fingerprint density at radius 2 is 2.30 bits per heavy atom. The highest BCUT2D eigenvalue weighted by Crippen LogP contribution is 2.24. The fourth-order valence-corrected chi connectivity index (χ4v) is 1.51. The first-order chi connectivity index (χ1) is 4.75. The lowest BCUT2D eigenvalue weighted by Gasteiger charge is -2.09. The fourth-order valence-electron chi connectivity index (χ4n) is 1.51. The Morgan fingerprint density at radius 3 is 2.70 bits per heavy atom. The molecule has 0 bridgehead atoms. The largest absolute Gasteiger partial charge is 0.374 e. The van der Waals surface area contributed by atoms with Gasteiger partial charge in [-0.05, 0) is 32.3 Å². The lowest BCUT2D eigenvalue weighted by atomic mass is 10.0. The Morgan fingerprint density at radius 1 is 1.60 bits per heavy atom. The molecule has 0 aromatic carbocycles. The molecule has 0 spiro atoms. The Hall–Kier alpha value is -0.300. The molecular weight excluding hydrogens is 124 g/mol. The maximum absolute atomic E-state index is 5.52. The maximum Gasteiger partial charge on any atom is 0.0785 e. The molecule has 1 saturated heterocycles. The summed E-state index contributed by atoms with van der Waals surface area (Å²) in [6.45, 7) is 7.46. The normalized spacial score (nSPS) is 25.5. The second-order valence-corrected chi connectivity index (χ2v) is 3.04. The first-order valence-electron chi connectivity index (χ1n) is 4.03. The van der Waals surface area contributed by atoms with Gasteiger partial charge in [-0.15, -0.1) is 0 Å². The molecule has 1 heterocycles. The van der Waals surface area contributed by atoms with Crippen LogP contribution in [0.5, 0.6) is 0 Å². The van der Waals surface area contributed by atoms with Gasteiger partial charge in [-0.2, -0.15) is 0 Å². The Kier molecular flexibility index (Phi) is 2.50. The highest BCUT2D eigenvalue weighted by atomic mass is 16.5. The zero-order valence-electron chi connectivity index (χ0n) is 7.11. The maximum atomic E-state index is 5.52. The molecule has 1 nitrogen and oxygen atoms in total. The highest BCUT2D eigenvalue weighted by Gasteiger charge is 2.19. The van der Waals surface area contributed by atoms with Gasteiger partial charge in [-0.1, -0.05) is 12.5 Å². The van der Waals surface area contributed by atoms with Crippen molar-refractivity contribution in [2.75, 3.05) is 6.61 Å². The molecule has 1 fully saturated rings. The molecule has 1 atom stereocenters. The number of hydrogen-bond donors (Lipinski definition) is 0. The Balaban J connectivity index is 2.68. The standard InChI is InChI=1S/C9H16O/c1-4-9-8(7(2)3)5-6-10-9/h9H,4-6H2,1-3H3. The molecule has 0 radical (unpaired) electrons. The molecular formula is C9H16O. The lowest BCUT2D eigenvalue weighted by molar-refractivity contribution is 0.121. The predicted molar refractivity (Wildman–Crippen MR) is 43.0 cm³/mol. The van der Waals surface area contributed by atoms with Crippen LogP contribution in [0.1, 0.15) is 33.6 Å². The van der Waals surface area contributed by atoms with Crippen LogP contribution in [-0.2, 0) is 4.74 Å². The Labute approximate surface area is 63.1 Å². The van der Waals surface area contributed by atoms with Gasteiger partial charge in [-0.3, -0.25) is 0 Å². The van der Waals surface area contributed by atoms with E-state index >= 15 is 0 Å². The van der Waals surface area contributed by atoms with Gasteiger partial charge in [0.25, 0.3) is 0 Å². The minimum absolute atomic E-state index is 0.435. The number of ether oxygens (including phenoxy) is 1. The summed E-state index contributed by atoms with van der Waals surface area (Å²) in [7, 11) is 0. The highest BCUT2D eigenvalue weighted by molar-refractivity contribution is 5.17. The summed E-state index contributed by atoms with van der Waals surface area (Å²) < 4.78 is 5.52. The smallest absolute Gasteiger partial charge is 0.0785 e. The molecule has 1 unspecified atom stereocenters. The molecule has 58 valence electrons. The molecule has 1 aliphatic rings. The van der Waals surface area contributed by atoms with Crippen LogP contribution < -0.4 is 0 Å². The quantitative estimate of drug-likeness (QED) is 0.508. The van der Waals surface area contributed by atoms with Crippen molar-refractivity contribution in [2.24, 2.45) is 0 Å². The summed E-state index contributed by atoms with van der Waals surface area (Å²) in [5.41, 5.74) is 2.98. The van der Waals surface area contributed by atoms with Crippen molar-refractivity contribution < 1.29 is 4.74 Å². The average molecular weight is 140 g/mol. The van der Waals surface area contributed by atoms with Crippen LogP contribution in [0.3, 0.4) is 0 Å². The third kappa shape index (κ3) is 1.40. The molecule has 1 aliphatic heterocycles. The lowest BCUT2D eigenvalue weighted by Crippen LogP contribution is -2.05. The number of hydrogen-bond acceptors (Lipinski definition) is 1. The summed E-state index contributed by atoms with van der Waals surface area (Å²) in [4.78, 5) is 0. The molecule has 0 aromatic heterocycles. The van der Waals surface area contributed by atoms with Crippen LogP contribution in [0, 0.1) is 0 Å². The van der Waals surface area contributed by atoms with Crippen LogP contribution in [0.15, 0.2) is 11.1 Å². The van der Waals surface area contributed by atoms with Gasteiger partial charge in [0.2, 0.25) is 0 Å². The van der Waals surface area contributed by atoms with Gasteiger partial charge in [0.05, 0.1) is 12.7 Å². The van der Waals surface area contributed by atoms with E-state index in [2.05, 4.69) is 20.8 Å². The van der Waals surface area contributed by atoms with Gasteiger partial charge in [0, 0.05) is 0 Å². The second kappa shape index (κ2) is 3.20. The molecule has 0 aliphatic carbocycles.